The Kier molecular flexibility index (Phi) is 5.64. The van der Waals surface area contributed by atoms with Crippen LogP contribution in [-0.2, 0) is 4.74 Å². The molecule has 0 saturated heterocycles. The quantitative estimate of drug-likeness (QED) is 0.637. The second-order valence-corrected chi connectivity index (χ2v) is 2.79. The molecule has 2 N–H and O–H groups in total. The van der Waals surface area contributed by atoms with E-state index in [2.05, 4.69) is 13.8 Å². The highest BCUT2D eigenvalue weighted by atomic mass is 16.5. The van der Waals surface area contributed by atoms with Crippen LogP contribution < -0.4 is 5.73 Å². The summed E-state index contributed by atoms with van der Waals surface area (Å²) < 4.78 is 5.09. The fourth-order valence-corrected chi connectivity index (χ4v) is 0.771. The first-order valence-electron chi connectivity index (χ1n) is 3.99. The molecule has 0 bridgehead atoms. The van der Waals surface area contributed by atoms with Crippen LogP contribution in [0.4, 0.5) is 0 Å². The van der Waals surface area contributed by atoms with Crippen LogP contribution >= 0.6 is 0 Å². The molecule has 0 aromatic carbocycles. The molecule has 2 atom stereocenters. The zero-order valence-corrected chi connectivity index (χ0v) is 7.26. The average Bonchev–Trinajstić information content (AvgIpc) is 1.99. The fraction of sp³-hybridized carbons (Fsp3) is 1.00. The Morgan fingerprint density at radius 1 is 1.40 bits per heavy atom. The minimum absolute atomic E-state index is 0.359. The highest BCUT2D eigenvalue weighted by Gasteiger charge is 2.02. The minimum Gasteiger partial charge on any atom is -0.382 e. The van der Waals surface area contributed by atoms with E-state index in [0.29, 0.717) is 12.1 Å². The lowest BCUT2D eigenvalue weighted by atomic mass is 10.1. The molecule has 10 heavy (non-hydrogen) atoms. The predicted octanol–water partition coefficient (Wildman–Crippen LogP) is 1.54. The first-order valence-corrected chi connectivity index (χ1v) is 3.99. The van der Waals surface area contributed by atoms with Gasteiger partial charge in [0.2, 0.25) is 0 Å². The molecule has 0 heterocycles. The third-order valence-electron chi connectivity index (χ3n) is 1.87. The van der Waals surface area contributed by atoms with Crippen LogP contribution in [0.3, 0.4) is 0 Å². The maximum atomic E-state index is 5.72. The van der Waals surface area contributed by atoms with E-state index < -0.39 is 0 Å². The Hall–Kier alpha value is -0.0800. The molecule has 0 aromatic rings. The lowest BCUT2D eigenvalue weighted by Gasteiger charge is -2.12. The zero-order valence-electron chi connectivity index (χ0n) is 7.26. The van der Waals surface area contributed by atoms with Gasteiger partial charge in [-0.1, -0.05) is 6.92 Å². The summed E-state index contributed by atoms with van der Waals surface area (Å²) in [6, 6.07) is 0.359. The number of methoxy groups -OCH3 is 1. The van der Waals surface area contributed by atoms with E-state index >= 15 is 0 Å². The van der Waals surface area contributed by atoms with Gasteiger partial charge in [-0.3, -0.25) is 0 Å². The van der Waals surface area contributed by atoms with E-state index in [-0.39, 0.29) is 0 Å². The summed E-state index contributed by atoms with van der Waals surface area (Å²) in [6.45, 7) is 4.19. The number of rotatable bonds is 5. The first kappa shape index (κ1) is 9.92. The molecule has 2 unspecified atom stereocenters. The van der Waals surface area contributed by atoms with Gasteiger partial charge >= 0.3 is 0 Å². The van der Waals surface area contributed by atoms with Crippen LogP contribution in [0.1, 0.15) is 33.1 Å². The summed E-state index contributed by atoms with van der Waals surface area (Å²) in [4.78, 5) is 0. The van der Waals surface area contributed by atoms with Crippen molar-refractivity contribution in [3.05, 3.63) is 0 Å². The van der Waals surface area contributed by atoms with Gasteiger partial charge in [-0.15, -0.1) is 0 Å². The molecule has 0 spiro atoms. The van der Waals surface area contributed by atoms with Crippen molar-refractivity contribution in [3.63, 3.8) is 0 Å². The SMILES string of the molecule is CCC(N)CCC(C)OC. The van der Waals surface area contributed by atoms with Crippen LogP contribution in [0.5, 0.6) is 0 Å². The molecular formula is C8H19NO. The Bertz CT molecular complexity index is 65.7. The predicted molar refractivity (Wildman–Crippen MR) is 44.0 cm³/mol. The molecule has 0 fully saturated rings. The van der Waals surface area contributed by atoms with Gasteiger partial charge in [0.05, 0.1) is 6.10 Å². The van der Waals surface area contributed by atoms with Gasteiger partial charge in [0, 0.05) is 13.2 Å². The van der Waals surface area contributed by atoms with Crippen LogP contribution in [0, 0.1) is 0 Å². The van der Waals surface area contributed by atoms with Crippen LogP contribution in [0.15, 0.2) is 0 Å². The van der Waals surface area contributed by atoms with Gasteiger partial charge in [0.15, 0.2) is 0 Å². The van der Waals surface area contributed by atoms with Crippen molar-refractivity contribution in [2.75, 3.05) is 7.11 Å². The van der Waals surface area contributed by atoms with Crippen molar-refractivity contribution in [2.24, 2.45) is 5.73 Å². The van der Waals surface area contributed by atoms with Gasteiger partial charge in [0.1, 0.15) is 0 Å². The standard InChI is InChI=1S/C8H19NO/c1-4-8(9)6-5-7(2)10-3/h7-8H,4-6,9H2,1-3H3. The second-order valence-electron chi connectivity index (χ2n) is 2.79. The van der Waals surface area contributed by atoms with Crippen molar-refractivity contribution in [3.8, 4) is 0 Å². The Labute approximate surface area is 63.7 Å². The molecule has 2 heteroatoms. The first-order chi connectivity index (χ1) is 4.70. The van der Waals surface area contributed by atoms with E-state index in [1.54, 1.807) is 7.11 Å². The third-order valence-corrected chi connectivity index (χ3v) is 1.87. The second kappa shape index (κ2) is 5.69. The molecule has 0 aliphatic heterocycles. The number of hydrogen-bond acceptors (Lipinski definition) is 2. The van der Waals surface area contributed by atoms with Gasteiger partial charge in [0.25, 0.3) is 0 Å². The Balaban J connectivity index is 3.17. The fourth-order valence-electron chi connectivity index (χ4n) is 0.771. The van der Waals surface area contributed by atoms with E-state index in [9.17, 15) is 0 Å². The molecule has 0 amide bonds. The van der Waals surface area contributed by atoms with Crippen molar-refractivity contribution < 1.29 is 4.74 Å². The molecular weight excluding hydrogens is 126 g/mol. The maximum Gasteiger partial charge on any atom is 0.0543 e. The van der Waals surface area contributed by atoms with E-state index in [4.69, 9.17) is 10.5 Å². The summed E-state index contributed by atoms with van der Waals surface area (Å²) >= 11 is 0. The molecule has 2 nitrogen and oxygen atoms in total. The van der Waals surface area contributed by atoms with Crippen molar-refractivity contribution in [1.29, 1.82) is 0 Å². The van der Waals surface area contributed by atoms with Gasteiger partial charge < -0.3 is 10.5 Å². The maximum absolute atomic E-state index is 5.72. The lowest BCUT2D eigenvalue weighted by Crippen LogP contribution is -2.20. The van der Waals surface area contributed by atoms with E-state index in [1.807, 2.05) is 0 Å². The van der Waals surface area contributed by atoms with E-state index in [1.165, 1.54) is 0 Å². The monoisotopic (exact) mass is 145 g/mol. The molecule has 0 aromatic heterocycles. The highest BCUT2D eigenvalue weighted by Crippen LogP contribution is 2.03. The smallest absolute Gasteiger partial charge is 0.0543 e. The van der Waals surface area contributed by atoms with Gasteiger partial charge in [-0.25, -0.2) is 0 Å². The zero-order chi connectivity index (χ0) is 7.98. The van der Waals surface area contributed by atoms with Crippen LogP contribution in [-0.4, -0.2) is 19.3 Å². The molecule has 0 saturated carbocycles. The number of hydrogen-bond donors (Lipinski definition) is 1. The summed E-state index contributed by atoms with van der Waals surface area (Å²) in [5, 5.41) is 0. The normalized spacial score (nSPS) is 16.8. The van der Waals surface area contributed by atoms with Crippen LogP contribution in [0.2, 0.25) is 0 Å². The van der Waals surface area contributed by atoms with Crippen molar-refractivity contribution >= 4 is 0 Å². The average molecular weight is 145 g/mol. The lowest BCUT2D eigenvalue weighted by molar-refractivity contribution is 0.107. The summed E-state index contributed by atoms with van der Waals surface area (Å²) in [5.41, 5.74) is 5.72. The van der Waals surface area contributed by atoms with Gasteiger partial charge in [-0.2, -0.15) is 0 Å². The molecule has 62 valence electrons. The Morgan fingerprint density at radius 2 is 2.00 bits per heavy atom. The Morgan fingerprint density at radius 3 is 2.40 bits per heavy atom. The molecule has 0 radical (unpaired) electrons. The minimum atomic E-state index is 0.359. The van der Waals surface area contributed by atoms with Crippen LogP contribution in [0.25, 0.3) is 0 Å². The summed E-state index contributed by atoms with van der Waals surface area (Å²) in [6.07, 6.45) is 3.57. The summed E-state index contributed by atoms with van der Waals surface area (Å²) in [7, 11) is 1.74. The number of ether oxygens (including phenoxy) is 1. The number of nitrogens with two attached hydrogens (primary N) is 1. The van der Waals surface area contributed by atoms with E-state index in [0.717, 1.165) is 19.3 Å². The molecule has 0 rings (SSSR count). The summed E-state index contributed by atoms with van der Waals surface area (Å²) in [5.74, 6) is 0. The molecule has 0 aliphatic rings. The third kappa shape index (κ3) is 4.77. The van der Waals surface area contributed by atoms with Crippen molar-refractivity contribution in [1.82, 2.24) is 0 Å². The topological polar surface area (TPSA) is 35.2 Å². The largest absolute Gasteiger partial charge is 0.382 e. The highest BCUT2D eigenvalue weighted by molar-refractivity contribution is 4.60. The molecule has 0 aliphatic carbocycles. The van der Waals surface area contributed by atoms with Gasteiger partial charge in [-0.05, 0) is 26.2 Å². The van der Waals surface area contributed by atoms with Crippen molar-refractivity contribution in [2.45, 2.75) is 45.3 Å².